The van der Waals surface area contributed by atoms with E-state index in [0.717, 1.165) is 12.7 Å². The lowest BCUT2D eigenvalue weighted by molar-refractivity contribution is 0.112. The van der Waals surface area contributed by atoms with Gasteiger partial charge in [-0.3, -0.25) is 4.79 Å². The lowest BCUT2D eigenvalue weighted by atomic mass is 10.2. The molecule has 1 heterocycles. The summed E-state index contributed by atoms with van der Waals surface area (Å²) in [7, 11) is 0. The minimum Gasteiger partial charge on any atom is -0.493 e. The van der Waals surface area contributed by atoms with Gasteiger partial charge in [0.15, 0.2) is 0 Å². The monoisotopic (exact) mass is 290 g/mol. The molecule has 106 valence electrons. The molecule has 2 rings (SSSR count). The Hall–Kier alpha value is -1.81. The molecule has 0 saturated heterocycles. The molecule has 0 saturated carbocycles. The van der Waals surface area contributed by atoms with E-state index in [2.05, 4.69) is 16.8 Å². The number of ether oxygens (including phenoxy) is 2. The van der Waals surface area contributed by atoms with Crippen molar-refractivity contribution in [2.45, 2.75) is 26.4 Å². The largest absolute Gasteiger partial charge is 0.493 e. The third-order valence-corrected chi connectivity index (χ3v) is 3.38. The van der Waals surface area contributed by atoms with Gasteiger partial charge in [0.1, 0.15) is 17.8 Å². The zero-order chi connectivity index (χ0) is 14.4. The first-order chi connectivity index (χ1) is 9.67. The fourth-order valence-electron chi connectivity index (χ4n) is 1.81. The number of hydrogen-bond acceptors (Lipinski definition) is 4. The molecule has 0 radical (unpaired) electrons. The van der Waals surface area contributed by atoms with Crippen molar-refractivity contribution < 1.29 is 14.3 Å². The van der Waals surface area contributed by atoms with Crippen molar-refractivity contribution in [3.63, 3.8) is 0 Å². The summed E-state index contributed by atoms with van der Waals surface area (Å²) in [5.41, 5.74) is 1.83. The fraction of sp³-hybridized carbons (Fsp3) is 0.312. The highest BCUT2D eigenvalue weighted by molar-refractivity contribution is 7.07. The van der Waals surface area contributed by atoms with Crippen LogP contribution in [0.15, 0.2) is 35.0 Å². The second-order valence-electron chi connectivity index (χ2n) is 4.75. The molecule has 0 N–H and O–H groups in total. The Morgan fingerprint density at radius 1 is 1.25 bits per heavy atom. The molecule has 4 heteroatoms. The number of thiophene rings is 1. The van der Waals surface area contributed by atoms with E-state index < -0.39 is 0 Å². The van der Waals surface area contributed by atoms with E-state index >= 15 is 0 Å². The van der Waals surface area contributed by atoms with Crippen LogP contribution in [0.4, 0.5) is 0 Å². The molecule has 0 aliphatic carbocycles. The Labute approximate surface area is 123 Å². The van der Waals surface area contributed by atoms with Crippen LogP contribution in [0.1, 0.15) is 29.8 Å². The van der Waals surface area contributed by atoms with Crippen LogP contribution in [0, 0.1) is 0 Å². The van der Waals surface area contributed by atoms with Crippen molar-refractivity contribution in [3.8, 4) is 11.5 Å². The Bertz CT molecular complexity index is 547. The highest BCUT2D eigenvalue weighted by atomic mass is 32.1. The van der Waals surface area contributed by atoms with Gasteiger partial charge >= 0.3 is 0 Å². The second kappa shape index (κ2) is 7.10. The minimum absolute atomic E-state index is 0.0653. The summed E-state index contributed by atoms with van der Waals surface area (Å²) in [6.07, 6.45) is 1.73. The first-order valence-electron chi connectivity index (χ1n) is 6.58. The van der Waals surface area contributed by atoms with E-state index in [4.69, 9.17) is 9.47 Å². The van der Waals surface area contributed by atoms with E-state index in [9.17, 15) is 4.79 Å². The van der Waals surface area contributed by atoms with E-state index in [0.29, 0.717) is 23.7 Å². The van der Waals surface area contributed by atoms with Gasteiger partial charge in [-0.15, -0.1) is 0 Å². The number of carbonyl (C=O) groups is 1. The molecule has 0 bridgehead atoms. The van der Waals surface area contributed by atoms with Gasteiger partial charge in [-0.1, -0.05) is 0 Å². The molecule has 20 heavy (non-hydrogen) atoms. The third kappa shape index (κ3) is 4.38. The summed E-state index contributed by atoms with van der Waals surface area (Å²) in [5, 5.41) is 4.16. The van der Waals surface area contributed by atoms with Crippen LogP contribution in [-0.2, 0) is 6.42 Å². The number of benzene rings is 1. The van der Waals surface area contributed by atoms with Crippen molar-refractivity contribution in [2.75, 3.05) is 6.61 Å². The molecule has 0 fully saturated rings. The van der Waals surface area contributed by atoms with Crippen molar-refractivity contribution in [1.29, 1.82) is 0 Å². The van der Waals surface area contributed by atoms with Crippen LogP contribution in [0.5, 0.6) is 11.5 Å². The van der Waals surface area contributed by atoms with Gasteiger partial charge in [-0.25, -0.2) is 0 Å². The van der Waals surface area contributed by atoms with Gasteiger partial charge < -0.3 is 9.47 Å². The predicted molar refractivity (Wildman–Crippen MR) is 81.1 cm³/mol. The Morgan fingerprint density at radius 3 is 2.70 bits per heavy atom. The zero-order valence-corrected chi connectivity index (χ0v) is 12.5. The summed E-state index contributed by atoms with van der Waals surface area (Å²) in [5.74, 6) is 1.33. The summed E-state index contributed by atoms with van der Waals surface area (Å²) < 4.78 is 11.3. The average molecular weight is 290 g/mol. The fourth-order valence-corrected chi connectivity index (χ4v) is 2.51. The van der Waals surface area contributed by atoms with Crippen LogP contribution < -0.4 is 9.47 Å². The summed E-state index contributed by atoms with van der Waals surface area (Å²) >= 11 is 1.68. The number of aldehydes is 1. The van der Waals surface area contributed by atoms with Gasteiger partial charge in [-0.2, -0.15) is 11.3 Å². The zero-order valence-electron chi connectivity index (χ0n) is 11.7. The number of hydrogen-bond donors (Lipinski definition) is 0. The molecule has 0 atom stereocenters. The van der Waals surface area contributed by atoms with E-state index in [1.165, 1.54) is 5.56 Å². The minimum atomic E-state index is 0.0653. The van der Waals surface area contributed by atoms with Crippen LogP contribution >= 0.6 is 11.3 Å². The van der Waals surface area contributed by atoms with Crippen molar-refractivity contribution in [3.05, 3.63) is 46.2 Å². The number of rotatable bonds is 7. The second-order valence-corrected chi connectivity index (χ2v) is 5.53. The molecule has 0 aliphatic rings. The molecule has 0 spiro atoms. The van der Waals surface area contributed by atoms with Gasteiger partial charge in [0, 0.05) is 18.1 Å². The number of carbonyl (C=O) groups excluding carboxylic acids is 1. The maximum absolute atomic E-state index is 10.9. The normalized spacial score (nSPS) is 10.6. The van der Waals surface area contributed by atoms with Crippen LogP contribution in [0.2, 0.25) is 0 Å². The lowest BCUT2D eigenvalue weighted by Crippen LogP contribution is -2.07. The summed E-state index contributed by atoms with van der Waals surface area (Å²) in [6, 6.07) is 7.36. The maximum atomic E-state index is 10.9. The molecule has 0 amide bonds. The maximum Gasteiger partial charge on any atom is 0.150 e. The van der Waals surface area contributed by atoms with E-state index in [-0.39, 0.29) is 6.10 Å². The molecule has 0 unspecified atom stereocenters. The Morgan fingerprint density at radius 2 is 2.05 bits per heavy atom. The van der Waals surface area contributed by atoms with Gasteiger partial charge in [-0.05, 0) is 48.4 Å². The predicted octanol–water partition coefficient (Wildman–Crippen LogP) is 3.97. The van der Waals surface area contributed by atoms with Gasteiger partial charge in [0.2, 0.25) is 0 Å². The quantitative estimate of drug-likeness (QED) is 0.724. The SMILES string of the molecule is CC(C)Oc1cc(C=O)cc(OCCc2ccsc2)c1. The Balaban J connectivity index is 2.00. The molecular weight excluding hydrogens is 272 g/mol. The Kier molecular flexibility index (Phi) is 5.18. The topological polar surface area (TPSA) is 35.5 Å². The highest BCUT2D eigenvalue weighted by Crippen LogP contribution is 2.23. The summed E-state index contributed by atoms with van der Waals surface area (Å²) in [4.78, 5) is 10.9. The molecule has 1 aromatic heterocycles. The van der Waals surface area contributed by atoms with E-state index in [1.807, 2.05) is 19.9 Å². The van der Waals surface area contributed by atoms with Crippen LogP contribution in [0.25, 0.3) is 0 Å². The van der Waals surface area contributed by atoms with Gasteiger partial charge in [0.25, 0.3) is 0 Å². The molecule has 2 aromatic rings. The summed E-state index contributed by atoms with van der Waals surface area (Å²) in [6.45, 7) is 4.48. The highest BCUT2D eigenvalue weighted by Gasteiger charge is 2.05. The standard InChI is InChI=1S/C16H18O3S/c1-12(2)19-16-8-14(10-17)7-15(9-16)18-5-3-13-4-6-20-11-13/h4,6-12H,3,5H2,1-2H3. The average Bonchev–Trinajstić information content (AvgIpc) is 2.91. The molecule has 3 nitrogen and oxygen atoms in total. The van der Waals surface area contributed by atoms with Crippen molar-refractivity contribution in [2.24, 2.45) is 0 Å². The first kappa shape index (κ1) is 14.6. The lowest BCUT2D eigenvalue weighted by Gasteiger charge is -2.12. The van der Waals surface area contributed by atoms with Gasteiger partial charge in [0.05, 0.1) is 12.7 Å². The first-order valence-corrected chi connectivity index (χ1v) is 7.52. The van der Waals surface area contributed by atoms with Crippen LogP contribution in [0.3, 0.4) is 0 Å². The molecule has 1 aromatic carbocycles. The molecule has 0 aliphatic heterocycles. The van der Waals surface area contributed by atoms with Crippen molar-refractivity contribution >= 4 is 17.6 Å². The van der Waals surface area contributed by atoms with E-state index in [1.54, 1.807) is 23.5 Å². The molecular formula is C16H18O3S. The smallest absolute Gasteiger partial charge is 0.150 e. The van der Waals surface area contributed by atoms with Crippen molar-refractivity contribution in [1.82, 2.24) is 0 Å². The van der Waals surface area contributed by atoms with Crippen LogP contribution in [-0.4, -0.2) is 19.0 Å². The third-order valence-electron chi connectivity index (χ3n) is 2.65.